The normalized spacial score (nSPS) is 52.1. The highest BCUT2D eigenvalue weighted by molar-refractivity contribution is 5.91. The molecule has 4 fully saturated rings. The molecule has 4 rings (SSSR count). The monoisotopic (exact) mass is 348 g/mol. The first-order chi connectivity index (χ1) is 11.8. The number of carbonyl (C=O) groups excluding carboxylic acids is 2. The Morgan fingerprint density at radius 1 is 1.08 bits per heavy atom. The smallest absolute Gasteiger partial charge is 0.302 e. The summed E-state index contributed by atoms with van der Waals surface area (Å²) in [5.41, 5.74) is 0.0101. The van der Waals surface area contributed by atoms with Gasteiger partial charge in [0.05, 0.1) is 0 Å². The van der Waals surface area contributed by atoms with Gasteiger partial charge in [-0.3, -0.25) is 9.59 Å². The van der Waals surface area contributed by atoms with E-state index in [9.17, 15) is 14.7 Å². The van der Waals surface area contributed by atoms with Gasteiger partial charge in [0, 0.05) is 12.3 Å². The largest absolute Gasteiger partial charge is 0.463 e. The molecule has 4 saturated carbocycles. The van der Waals surface area contributed by atoms with Gasteiger partial charge in [0.25, 0.3) is 0 Å². The third kappa shape index (κ3) is 2.50. The zero-order valence-electron chi connectivity index (χ0n) is 15.8. The van der Waals surface area contributed by atoms with E-state index in [1.807, 2.05) is 0 Å². The van der Waals surface area contributed by atoms with Crippen molar-refractivity contribution in [2.75, 3.05) is 0 Å². The van der Waals surface area contributed by atoms with Gasteiger partial charge in [-0.1, -0.05) is 13.8 Å². The second-order valence-electron chi connectivity index (χ2n) is 9.73. The summed E-state index contributed by atoms with van der Waals surface area (Å²) in [6.45, 7) is 6.07. The zero-order valence-corrected chi connectivity index (χ0v) is 15.8. The third-order valence-corrected chi connectivity index (χ3v) is 8.68. The number of rotatable bonds is 1. The first-order valence-electron chi connectivity index (χ1n) is 10.2. The number of hydrogen-bond acceptors (Lipinski definition) is 4. The lowest BCUT2D eigenvalue weighted by molar-refractivity contribution is -0.160. The van der Waals surface area contributed by atoms with E-state index in [1.165, 1.54) is 13.3 Å². The van der Waals surface area contributed by atoms with Gasteiger partial charge in [-0.25, -0.2) is 0 Å². The summed E-state index contributed by atoms with van der Waals surface area (Å²) in [6, 6.07) is 0. The number of ether oxygens (including phenoxy) is 1. The Morgan fingerprint density at radius 3 is 2.56 bits per heavy atom. The van der Waals surface area contributed by atoms with Crippen LogP contribution in [0.15, 0.2) is 0 Å². The molecule has 0 saturated heterocycles. The minimum atomic E-state index is -0.737. The topological polar surface area (TPSA) is 63.6 Å². The summed E-state index contributed by atoms with van der Waals surface area (Å²) in [5.74, 6) is 2.15. The van der Waals surface area contributed by atoms with Crippen LogP contribution in [0.3, 0.4) is 0 Å². The molecule has 0 aromatic rings. The zero-order chi connectivity index (χ0) is 18.0. The molecule has 4 aliphatic carbocycles. The van der Waals surface area contributed by atoms with Crippen molar-refractivity contribution < 1.29 is 19.4 Å². The number of aliphatic hydroxyl groups is 1. The highest BCUT2D eigenvalue weighted by Gasteiger charge is 2.62. The predicted molar refractivity (Wildman–Crippen MR) is 93.7 cm³/mol. The highest BCUT2D eigenvalue weighted by Crippen LogP contribution is 2.65. The van der Waals surface area contributed by atoms with Crippen LogP contribution in [-0.2, 0) is 14.3 Å². The molecule has 0 aromatic carbocycles. The maximum absolute atomic E-state index is 12.5. The summed E-state index contributed by atoms with van der Waals surface area (Å²) < 4.78 is 5.52. The molecule has 4 nitrogen and oxygen atoms in total. The van der Waals surface area contributed by atoms with E-state index in [2.05, 4.69) is 13.8 Å². The molecule has 0 bridgehead atoms. The molecule has 0 spiro atoms. The Kier molecular flexibility index (Phi) is 4.06. The molecule has 1 N–H and O–H groups in total. The van der Waals surface area contributed by atoms with Crippen LogP contribution in [0.5, 0.6) is 0 Å². The number of aliphatic hydroxyl groups excluding tert-OH is 1. The fraction of sp³-hybridized carbons (Fsp3) is 0.905. The van der Waals surface area contributed by atoms with Crippen molar-refractivity contribution in [1.29, 1.82) is 0 Å². The fourth-order valence-electron chi connectivity index (χ4n) is 7.35. The summed E-state index contributed by atoms with van der Waals surface area (Å²) in [4.78, 5) is 23.9. The summed E-state index contributed by atoms with van der Waals surface area (Å²) in [7, 11) is 0. The lowest BCUT2D eigenvalue weighted by Gasteiger charge is -2.60. The Morgan fingerprint density at radius 2 is 1.84 bits per heavy atom. The number of fused-ring (bicyclic) bond motifs is 5. The van der Waals surface area contributed by atoms with Crippen LogP contribution in [0.4, 0.5) is 0 Å². The van der Waals surface area contributed by atoms with E-state index in [-0.39, 0.29) is 23.3 Å². The van der Waals surface area contributed by atoms with Crippen molar-refractivity contribution in [3.63, 3.8) is 0 Å². The maximum Gasteiger partial charge on any atom is 0.302 e. The van der Waals surface area contributed by atoms with Crippen molar-refractivity contribution >= 4 is 11.8 Å². The average Bonchev–Trinajstić information content (AvgIpc) is 2.78. The second-order valence-corrected chi connectivity index (χ2v) is 9.73. The molecular weight excluding hydrogens is 316 g/mol. The number of Topliss-reactive ketones (excluding diaryl/α,β-unsaturated/α-hetero) is 1. The van der Waals surface area contributed by atoms with Crippen molar-refractivity contribution in [3.05, 3.63) is 0 Å². The van der Waals surface area contributed by atoms with Gasteiger partial charge in [0.1, 0.15) is 12.2 Å². The van der Waals surface area contributed by atoms with E-state index in [4.69, 9.17) is 4.74 Å². The van der Waals surface area contributed by atoms with E-state index in [0.29, 0.717) is 35.5 Å². The van der Waals surface area contributed by atoms with Crippen LogP contribution < -0.4 is 0 Å². The Hall–Kier alpha value is -0.900. The van der Waals surface area contributed by atoms with Crippen LogP contribution in [0.2, 0.25) is 0 Å². The maximum atomic E-state index is 12.5. The molecule has 0 aromatic heterocycles. The van der Waals surface area contributed by atoms with Gasteiger partial charge in [-0.05, 0) is 80.5 Å². The van der Waals surface area contributed by atoms with Crippen LogP contribution in [0, 0.1) is 34.5 Å². The van der Waals surface area contributed by atoms with Crippen LogP contribution in [0.25, 0.3) is 0 Å². The summed E-state index contributed by atoms with van der Waals surface area (Å²) in [5, 5.41) is 10.2. The first-order valence-corrected chi connectivity index (χ1v) is 10.2. The van der Waals surface area contributed by atoms with Crippen molar-refractivity contribution in [3.8, 4) is 0 Å². The van der Waals surface area contributed by atoms with Gasteiger partial charge in [0.2, 0.25) is 0 Å². The fourth-order valence-corrected chi connectivity index (χ4v) is 7.35. The van der Waals surface area contributed by atoms with Crippen LogP contribution in [-0.4, -0.2) is 29.1 Å². The quantitative estimate of drug-likeness (QED) is 0.737. The average molecular weight is 348 g/mol. The standard InChI is InChI=1S/C21H32O4/c1-12(22)25-14-6-8-20(2)13(10-14)4-5-15-16(20)7-9-21(3)17(15)11-18(23)19(21)24/h13-18,23H,4-11H2,1-3H3. The van der Waals surface area contributed by atoms with Crippen molar-refractivity contribution in [2.24, 2.45) is 34.5 Å². The van der Waals surface area contributed by atoms with Gasteiger partial charge in [-0.2, -0.15) is 0 Å². The lowest BCUT2D eigenvalue weighted by Crippen LogP contribution is -2.54. The summed E-state index contributed by atoms with van der Waals surface area (Å²) >= 11 is 0. The lowest BCUT2D eigenvalue weighted by atomic mass is 9.45. The number of hydrogen-bond donors (Lipinski definition) is 1. The molecule has 0 heterocycles. The second kappa shape index (κ2) is 5.80. The van der Waals surface area contributed by atoms with E-state index in [0.717, 1.165) is 38.5 Å². The number of esters is 1. The highest BCUT2D eigenvalue weighted by atomic mass is 16.5. The minimum absolute atomic E-state index is 0.0934. The van der Waals surface area contributed by atoms with E-state index >= 15 is 0 Å². The molecule has 4 aliphatic rings. The molecule has 8 unspecified atom stereocenters. The molecule has 140 valence electrons. The van der Waals surface area contributed by atoms with E-state index < -0.39 is 6.10 Å². The van der Waals surface area contributed by atoms with Gasteiger partial charge in [0.15, 0.2) is 5.78 Å². The van der Waals surface area contributed by atoms with Crippen LogP contribution >= 0.6 is 0 Å². The number of carbonyl (C=O) groups is 2. The molecule has 0 radical (unpaired) electrons. The van der Waals surface area contributed by atoms with Crippen LogP contribution in [0.1, 0.15) is 72.1 Å². The third-order valence-electron chi connectivity index (χ3n) is 8.68. The summed E-state index contributed by atoms with van der Waals surface area (Å²) in [6.07, 6.45) is 7.51. The molecule has 0 amide bonds. The van der Waals surface area contributed by atoms with Crippen molar-refractivity contribution in [2.45, 2.75) is 84.3 Å². The molecule has 0 aliphatic heterocycles. The Bertz CT molecular complexity index is 586. The van der Waals surface area contributed by atoms with Gasteiger partial charge < -0.3 is 9.84 Å². The molecule has 25 heavy (non-hydrogen) atoms. The SMILES string of the molecule is CC(=O)OC1CCC2(C)C(CCC3C4CC(O)C(=O)C4(C)CCC32)C1. The molecule has 8 atom stereocenters. The van der Waals surface area contributed by atoms with Gasteiger partial charge in [-0.15, -0.1) is 0 Å². The molecular formula is C21H32O4. The number of ketones is 1. The Labute approximate surface area is 150 Å². The molecule has 4 heteroatoms. The minimum Gasteiger partial charge on any atom is -0.463 e. The van der Waals surface area contributed by atoms with Crippen molar-refractivity contribution in [1.82, 2.24) is 0 Å². The van der Waals surface area contributed by atoms with E-state index in [1.54, 1.807) is 0 Å². The van der Waals surface area contributed by atoms with Gasteiger partial charge >= 0.3 is 5.97 Å². The Balaban J connectivity index is 1.55. The first kappa shape index (κ1) is 17.5. The predicted octanol–water partition coefficient (Wildman–Crippen LogP) is 3.50.